The molecule has 3 N–H and O–H groups in total. The smallest absolute Gasteiger partial charge is 0.407 e. The summed E-state index contributed by atoms with van der Waals surface area (Å²) in [5.41, 5.74) is 5.91. The van der Waals surface area contributed by atoms with Crippen molar-refractivity contribution in [2.24, 2.45) is 11.1 Å². The van der Waals surface area contributed by atoms with Crippen molar-refractivity contribution in [3.8, 4) is 0 Å². The lowest BCUT2D eigenvalue weighted by molar-refractivity contribution is -0.128. The summed E-state index contributed by atoms with van der Waals surface area (Å²) >= 11 is 0. The highest BCUT2D eigenvalue weighted by Gasteiger charge is 2.54. The van der Waals surface area contributed by atoms with Gasteiger partial charge in [0.25, 0.3) is 0 Å². The van der Waals surface area contributed by atoms with Gasteiger partial charge in [-0.15, -0.1) is 0 Å². The molecule has 2 unspecified atom stereocenters. The number of hydrogen-bond donors (Lipinski definition) is 2. The first-order chi connectivity index (χ1) is 10.5. The van der Waals surface area contributed by atoms with Gasteiger partial charge < -0.3 is 15.8 Å². The van der Waals surface area contributed by atoms with Gasteiger partial charge in [-0.05, 0) is 50.5 Å². The standard InChI is InChI=1S/C17H24N2O3/c18-14(20)16-7-4-8-17(12-16,10-9-16)19-15(21)22-11-13-5-2-1-3-6-13/h2,5-6H,1,3-4,7-12H2,(H2,18,20)(H,19,21). The molecule has 0 aromatic rings. The average molecular weight is 304 g/mol. The molecule has 3 aliphatic rings. The second-order valence-electron chi connectivity index (χ2n) is 6.92. The van der Waals surface area contributed by atoms with Gasteiger partial charge in [-0.3, -0.25) is 4.79 Å². The monoisotopic (exact) mass is 304 g/mol. The number of ether oxygens (including phenoxy) is 1. The van der Waals surface area contributed by atoms with Crippen molar-refractivity contribution in [3.05, 3.63) is 23.8 Å². The van der Waals surface area contributed by atoms with Crippen molar-refractivity contribution >= 4 is 12.0 Å². The number of nitrogens with one attached hydrogen (secondary N) is 1. The molecule has 3 aliphatic carbocycles. The van der Waals surface area contributed by atoms with Gasteiger partial charge >= 0.3 is 6.09 Å². The van der Waals surface area contributed by atoms with Gasteiger partial charge in [-0.2, -0.15) is 0 Å². The van der Waals surface area contributed by atoms with E-state index in [4.69, 9.17) is 10.5 Å². The molecule has 5 nitrogen and oxygen atoms in total. The summed E-state index contributed by atoms with van der Waals surface area (Å²) < 4.78 is 5.34. The third kappa shape index (κ3) is 2.89. The Kier molecular flexibility index (Phi) is 3.98. The number of alkyl carbamates (subject to hydrolysis) is 1. The second-order valence-corrected chi connectivity index (χ2v) is 6.92. The van der Waals surface area contributed by atoms with Gasteiger partial charge in [0, 0.05) is 5.54 Å². The summed E-state index contributed by atoms with van der Waals surface area (Å²) in [5, 5.41) is 3.02. The molecule has 2 saturated carbocycles. The van der Waals surface area contributed by atoms with E-state index >= 15 is 0 Å². The maximum absolute atomic E-state index is 12.1. The fraction of sp³-hybridized carbons (Fsp3) is 0.647. The van der Waals surface area contributed by atoms with Gasteiger partial charge in [-0.1, -0.05) is 24.6 Å². The van der Waals surface area contributed by atoms with Crippen LogP contribution < -0.4 is 11.1 Å². The Hall–Kier alpha value is -1.78. The minimum Gasteiger partial charge on any atom is -0.445 e. The molecule has 3 rings (SSSR count). The summed E-state index contributed by atoms with van der Waals surface area (Å²) in [6.45, 7) is 0.305. The zero-order chi connectivity index (χ0) is 15.6. The van der Waals surface area contributed by atoms with Gasteiger partial charge in [0.2, 0.25) is 5.91 Å². The molecule has 0 aromatic heterocycles. The Balaban J connectivity index is 1.56. The van der Waals surface area contributed by atoms with Crippen molar-refractivity contribution in [1.29, 1.82) is 0 Å². The first-order valence-corrected chi connectivity index (χ1v) is 8.14. The largest absolute Gasteiger partial charge is 0.445 e. The zero-order valence-electron chi connectivity index (χ0n) is 12.9. The molecule has 5 heteroatoms. The number of carbonyl (C=O) groups is 2. The lowest BCUT2D eigenvalue weighted by Crippen LogP contribution is -2.51. The first kappa shape index (κ1) is 15.1. The SMILES string of the molecule is NC(=O)C12CCCC(NC(=O)OCC3=CCCC=C3)(CC1)C2. The van der Waals surface area contributed by atoms with Crippen LogP contribution >= 0.6 is 0 Å². The van der Waals surface area contributed by atoms with Crippen LogP contribution in [0.5, 0.6) is 0 Å². The van der Waals surface area contributed by atoms with Crippen LogP contribution in [0.25, 0.3) is 0 Å². The van der Waals surface area contributed by atoms with E-state index in [2.05, 4.69) is 17.5 Å². The van der Waals surface area contributed by atoms with Crippen molar-refractivity contribution in [1.82, 2.24) is 5.32 Å². The van der Waals surface area contributed by atoms with E-state index < -0.39 is 5.41 Å². The van der Waals surface area contributed by atoms with Crippen LogP contribution in [0.1, 0.15) is 51.4 Å². The topological polar surface area (TPSA) is 81.4 Å². The fourth-order valence-electron chi connectivity index (χ4n) is 4.17. The lowest BCUT2D eigenvalue weighted by atomic mass is 9.72. The molecule has 0 heterocycles. The first-order valence-electron chi connectivity index (χ1n) is 8.14. The van der Waals surface area contributed by atoms with Crippen molar-refractivity contribution in [2.45, 2.75) is 56.9 Å². The Labute approximate surface area is 131 Å². The van der Waals surface area contributed by atoms with E-state index in [1.807, 2.05) is 6.08 Å². The molecule has 2 fully saturated rings. The van der Waals surface area contributed by atoms with E-state index in [1.54, 1.807) is 0 Å². The zero-order valence-corrected chi connectivity index (χ0v) is 12.9. The molecule has 0 radical (unpaired) electrons. The number of rotatable bonds is 4. The van der Waals surface area contributed by atoms with Gasteiger partial charge in [-0.25, -0.2) is 4.79 Å². The van der Waals surface area contributed by atoms with E-state index in [9.17, 15) is 9.59 Å². The minimum atomic E-state index is -0.417. The fourth-order valence-corrected chi connectivity index (χ4v) is 4.17. The highest BCUT2D eigenvalue weighted by Crippen LogP contribution is 2.53. The number of primary amides is 1. The molecule has 120 valence electrons. The molecule has 0 aromatic carbocycles. The maximum Gasteiger partial charge on any atom is 0.407 e. The molecular formula is C17H24N2O3. The van der Waals surface area contributed by atoms with E-state index in [-0.39, 0.29) is 17.5 Å². The Morgan fingerprint density at radius 1 is 1.23 bits per heavy atom. The van der Waals surface area contributed by atoms with Crippen LogP contribution in [0.2, 0.25) is 0 Å². The summed E-state index contributed by atoms with van der Waals surface area (Å²) in [6, 6.07) is 0. The lowest BCUT2D eigenvalue weighted by Gasteiger charge is -2.38. The average Bonchev–Trinajstić information content (AvgIpc) is 2.78. The maximum atomic E-state index is 12.1. The molecule has 0 spiro atoms. The molecule has 0 aliphatic heterocycles. The van der Waals surface area contributed by atoms with Crippen LogP contribution in [0.15, 0.2) is 23.8 Å². The Bertz CT molecular complexity index is 540. The van der Waals surface area contributed by atoms with Crippen molar-refractivity contribution < 1.29 is 14.3 Å². The van der Waals surface area contributed by atoms with Crippen LogP contribution in [0, 0.1) is 5.41 Å². The van der Waals surface area contributed by atoms with Gasteiger partial charge in [0.05, 0.1) is 5.41 Å². The number of allylic oxidation sites excluding steroid dienone is 2. The van der Waals surface area contributed by atoms with E-state index in [0.717, 1.165) is 50.5 Å². The Morgan fingerprint density at radius 2 is 2.09 bits per heavy atom. The minimum absolute atomic E-state index is 0.221. The number of fused-ring (bicyclic) bond motifs is 2. The summed E-state index contributed by atoms with van der Waals surface area (Å²) in [4.78, 5) is 23.9. The number of carbonyl (C=O) groups excluding carboxylic acids is 2. The number of hydrogen-bond acceptors (Lipinski definition) is 3. The van der Waals surface area contributed by atoms with Crippen molar-refractivity contribution in [2.75, 3.05) is 6.61 Å². The summed E-state index contributed by atoms with van der Waals surface area (Å²) in [6.07, 6.45) is 12.8. The highest BCUT2D eigenvalue weighted by molar-refractivity contribution is 5.82. The predicted molar refractivity (Wildman–Crippen MR) is 83.0 cm³/mol. The van der Waals surface area contributed by atoms with E-state index in [0.29, 0.717) is 13.0 Å². The number of amides is 2. The quantitative estimate of drug-likeness (QED) is 0.837. The van der Waals surface area contributed by atoms with Crippen molar-refractivity contribution in [3.63, 3.8) is 0 Å². The second kappa shape index (κ2) is 5.78. The number of nitrogens with two attached hydrogens (primary N) is 1. The summed E-state index contributed by atoms with van der Waals surface area (Å²) in [7, 11) is 0. The third-order valence-corrected chi connectivity index (χ3v) is 5.40. The predicted octanol–water partition coefficient (Wildman–Crippen LogP) is 2.57. The van der Waals surface area contributed by atoms with Crippen LogP contribution in [0.4, 0.5) is 4.79 Å². The third-order valence-electron chi connectivity index (χ3n) is 5.40. The van der Waals surface area contributed by atoms with Crippen LogP contribution in [0.3, 0.4) is 0 Å². The van der Waals surface area contributed by atoms with E-state index in [1.165, 1.54) is 0 Å². The molecule has 2 bridgehead atoms. The summed E-state index contributed by atoms with van der Waals surface area (Å²) in [5.74, 6) is -0.221. The normalized spacial score (nSPS) is 33.2. The van der Waals surface area contributed by atoms with Crippen LogP contribution in [-0.4, -0.2) is 24.1 Å². The molecule has 22 heavy (non-hydrogen) atoms. The molecule has 2 atom stereocenters. The van der Waals surface area contributed by atoms with Gasteiger partial charge in [0.1, 0.15) is 6.61 Å². The highest BCUT2D eigenvalue weighted by atomic mass is 16.5. The van der Waals surface area contributed by atoms with Crippen LogP contribution in [-0.2, 0) is 9.53 Å². The Morgan fingerprint density at radius 3 is 2.82 bits per heavy atom. The van der Waals surface area contributed by atoms with Gasteiger partial charge in [0.15, 0.2) is 0 Å². The molecule has 2 amide bonds. The molecule has 0 saturated heterocycles. The molecular weight excluding hydrogens is 280 g/mol.